The van der Waals surface area contributed by atoms with E-state index in [4.69, 9.17) is 4.74 Å². The molecule has 0 saturated carbocycles. The topological polar surface area (TPSA) is 49.4 Å². The van der Waals surface area contributed by atoms with Crippen LogP contribution in [0.25, 0.3) is 0 Å². The number of benzene rings is 3. The molecule has 3 rings (SSSR count). The summed E-state index contributed by atoms with van der Waals surface area (Å²) < 4.78 is 7.06. The maximum absolute atomic E-state index is 10.9. The molecule has 0 aliphatic heterocycles. The van der Waals surface area contributed by atoms with Gasteiger partial charge in [0, 0.05) is 0 Å². The quantitative estimate of drug-likeness (QED) is 0.562. The molecule has 0 N–H and O–H groups in total. The van der Waals surface area contributed by atoms with E-state index in [2.05, 4.69) is 35.0 Å². The number of aryl methyl sites for hydroxylation is 3. The van der Waals surface area contributed by atoms with E-state index in [0.717, 1.165) is 45.3 Å². The van der Waals surface area contributed by atoms with E-state index < -0.39 is 5.97 Å². The fraction of sp³-hybridized carbons (Fsp3) is 0.174. The van der Waals surface area contributed by atoms with Gasteiger partial charge in [-0.1, -0.05) is 60.7 Å². The normalized spacial score (nSPS) is 10.6. The Morgan fingerprint density at radius 3 is 2.33 bits per heavy atom. The molecule has 0 heterocycles. The molecule has 0 atom stereocenters. The second-order valence-corrected chi connectivity index (χ2v) is 7.35. The van der Waals surface area contributed by atoms with Crippen molar-refractivity contribution in [2.75, 3.05) is 0 Å². The van der Waals surface area contributed by atoms with Crippen LogP contribution < -0.4 is 9.84 Å². The standard InChI is InChI=1S/C23H21BrO3/c1-16-13-20(12-9-17-7-10-19(11-8-17)23(25)26)22(21(24)14-16)27-15-18-5-3-2-4-6-18/h2-8,10-11,13-14H,9,12,15H2,1H3,(H,25,26)/p-1. The maximum atomic E-state index is 10.9. The molecule has 0 spiro atoms. The lowest BCUT2D eigenvalue weighted by Crippen LogP contribution is -2.22. The lowest BCUT2D eigenvalue weighted by molar-refractivity contribution is -0.255. The average Bonchev–Trinajstić information content (AvgIpc) is 2.66. The first-order valence-electron chi connectivity index (χ1n) is 8.79. The number of carbonyl (C=O) groups excluding carboxylic acids is 1. The first-order chi connectivity index (χ1) is 13.0. The van der Waals surface area contributed by atoms with Crippen LogP contribution in [0.5, 0.6) is 5.75 Å². The van der Waals surface area contributed by atoms with Gasteiger partial charge in [0.2, 0.25) is 0 Å². The maximum Gasteiger partial charge on any atom is 0.137 e. The molecule has 0 aromatic heterocycles. The van der Waals surface area contributed by atoms with Crippen LogP contribution in [-0.2, 0) is 19.4 Å². The molecule has 27 heavy (non-hydrogen) atoms. The molecule has 3 aromatic rings. The van der Waals surface area contributed by atoms with Crippen LogP contribution in [0.4, 0.5) is 0 Å². The molecule has 0 amide bonds. The van der Waals surface area contributed by atoms with Gasteiger partial charge in [0.1, 0.15) is 12.4 Å². The summed E-state index contributed by atoms with van der Waals surface area (Å²) in [5.41, 5.74) is 4.68. The van der Waals surface area contributed by atoms with Crippen LogP contribution in [0.15, 0.2) is 71.2 Å². The predicted octanol–water partition coefficient (Wildman–Crippen LogP) is 4.49. The van der Waals surface area contributed by atoms with Crippen LogP contribution in [0.2, 0.25) is 0 Å². The molecule has 4 heteroatoms. The first-order valence-corrected chi connectivity index (χ1v) is 9.58. The third-order valence-corrected chi connectivity index (χ3v) is 4.95. The number of ether oxygens (including phenoxy) is 1. The summed E-state index contributed by atoms with van der Waals surface area (Å²) in [7, 11) is 0. The monoisotopic (exact) mass is 423 g/mol. The Hall–Kier alpha value is -2.59. The second-order valence-electron chi connectivity index (χ2n) is 6.49. The molecule has 0 radical (unpaired) electrons. The van der Waals surface area contributed by atoms with Gasteiger partial charge in [-0.3, -0.25) is 0 Å². The highest BCUT2D eigenvalue weighted by atomic mass is 79.9. The van der Waals surface area contributed by atoms with Crippen LogP contribution in [-0.4, -0.2) is 5.97 Å². The molecule has 0 bridgehead atoms. The lowest BCUT2D eigenvalue weighted by atomic mass is 10.0. The highest BCUT2D eigenvalue weighted by Crippen LogP contribution is 2.32. The van der Waals surface area contributed by atoms with Gasteiger partial charge < -0.3 is 14.6 Å². The van der Waals surface area contributed by atoms with Crippen molar-refractivity contribution in [3.05, 3.63) is 99.0 Å². The number of carboxylic acid groups (broad SMARTS) is 1. The zero-order valence-electron chi connectivity index (χ0n) is 15.1. The lowest BCUT2D eigenvalue weighted by Gasteiger charge is -2.15. The number of hydrogen-bond acceptors (Lipinski definition) is 3. The number of hydrogen-bond donors (Lipinski definition) is 0. The van der Waals surface area contributed by atoms with Gasteiger partial charge in [-0.25, -0.2) is 0 Å². The van der Waals surface area contributed by atoms with Crippen molar-refractivity contribution in [3.8, 4) is 5.75 Å². The Morgan fingerprint density at radius 2 is 1.67 bits per heavy atom. The van der Waals surface area contributed by atoms with E-state index in [1.807, 2.05) is 42.5 Å². The average molecular weight is 424 g/mol. The smallest absolute Gasteiger partial charge is 0.137 e. The van der Waals surface area contributed by atoms with E-state index in [1.165, 1.54) is 0 Å². The van der Waals surface area contributed by atoms with Crippen molar-refractivity contribution in [1.29, 1.82) is 0 Å². The summed E-state index contributed by atoms with van der Waals surface area (Å²) in [5, 5.41) is 10.9. The minimum atomic E-state index is -1.15. The Morgan fingerprint density at radius 1 is 0.963 bits per heavy atom. The Bertz CT molecular complexity index is 918. The zero-order chi connectivity index (χ0) is 19.2. The fourth-order valence-corrected chi connectivity index (χ4v) is 3.69. The van der Waals surface area contributed by atoms with Crippen LogP contribution in [0, 0.1) is 6.92 Å². The Balaban J connectivity index is 1.74. The molecule has 0 fully saturated rings. The van der Waals surface area contributed by atoms with Gasteiger partial charge in [0.25, 0.3) is 0 Å². The Kier molecular flexibility index (Phi) is 6.30. The highest BCUT2D eigenvalue weighted by molar-refractivity contribution is 9.10. The molecule has 3 aromatic carbocycles. The molecular formula is C23H20BrO3-. The van der Waals surface area contributed by atoms with Crippen molar-refractivity contribution in [2.24, 2.45) is 0 Å². The first kappa shape index (κ1) is 19.2. The minimum Gasteiger partial charge on any atom is -0.545 e. The number of carboxylic acids is 1. The van der Waals surface area contributed by atoms with Gasteiger partial charge in [-0.15, -0.1) is 0 Å². The minimum absolute atomic E-state index is 0.198. The molecular weight excluding hydrogens is 404 g/mol. The van der Waals surface area contributed by atoms with Crippen molar-refractivity contribution in [3.63, 3.8) is 0 Å². The van der Waals surface area contributed by atoms with Gasteiger partial charge >= 0.3 is 0 Å². The van der Waals surface area contributed by atoms with Crippen LogP contribution >= 0.6 is 15.9 Å². The van der Waals surface area contributed by atoms with E-state index in [0.29, 0.717) is 6.61 Å². The van der Waals surface area contributed by atoms with Crippen LogP contribution in [0.1, 0.15) is 32.6 Å². The fourth-order valence-electron chi connectivity index (χ4n) is 2.96. The highest BCUT2D eigenvalue weighted by Gasteiger charge is 2.11. The third-order valence-electron chi connectivity index (χ3n) is 4.36. The van der Waals surface area contributed by atoms with E-state index in [9.17, 15) is 9.90 Å². The predicted molar refractivity (Wildman–Crippen MR) is 108 cm³/mol. The number of aromatic carboxylic acids is 1. The Labute approximate surface area is 167 Å². The summed E-state index contributed by atoms with van der Waals surface area (Å²) in [6, 6.07) is 21.1. The summed E-state index contributed by atoms with van der Waals surface area (Å²) in [6.45, 7) is 2.57. The zero-order valence-corrected chi connectivity index (χ0v) is 16.7. The summed E-state index contributed by atoms with van der Waals surface area (Å²) >= 11 is 3.63. The van der Waals surface area contributed by atoms with Crippen molar-refractivity contribution in [2.45, 2.75) is 26.4 Å². The summed E-state index contributed by atoms with van der Waals surface area (Å²) in [5.74, 6) is -0.295. The third kappa shape index (κ3) is 5.20. The van der Waals surface area contributed by atoms with E-state index in [-0.39, 0.29) is 5.56 Å². The summed E-state index contributed by atoms with van der Waals surface area (Å²) in [6.07, 6.45) is 1.60. The van der Waals surface area contributed by atoms with Crippen molar-refractivity contribution >= 4 is 21.9 Å². The summed E-state index contributed by atoms with van der Waals surface area (Å²) in [4.78, 5) is 10.9. The molecule has 0 aliphatic carbocycles. The molecule has 138 valence electrons. The molecule has 0 saturated heterocycles. The van der Waals surface area contributed by atoms with Gasteiger partial charge in [-0.05, 0) is 69.6 Å². The van der Waals surface area contributed by atoms with Gasteiger partial charge in [-0.2, -0.15) is 0 Å². The molecule has 0 unspecified atom stereocenters. The van der Waals surface area contributed by atoms with Crippen molar-refractivity contribution < 1.29 is 14.6 Å². The van der Waals surface area contributed by atoms with Crippen LogP contribution in [0.3, 0.4) is 0 Å². The number of halogens is 1. The second kappa shape index (κ2) is 8.87. The molecule has 0 aliphatic rings. The van der Waals surface area contributed by atoms with Gasteiger partial charge in [0.15, 0.2) is 0 Å². The largest absolute Gasteiger partial charge is 0.545 e. The SMILES string of the molecule is Cc1cc(Br)c(OCc2ccccc2)c(CCc2ccc(C(=O)[O-])cc2)c1. The van der Waals surface area contributed by atoms with E-state index in [1.54, 1.807) is 12.1 Å². The number of carbonyl (C=O) groups is 1. The van der Waals surface area contributed by atoms with E-state index >= 15 is 0 Å². The van der Waals surface area contributed by atoms with Crippen molar-refractivity contribution in [1.82, 2.24) is 0 Å². The number of rotatable bonds is 7. The van der Waals surface area contributed by atoms with Gasteiger partial charge in [0.05, 0.1) is 10.4 Å². The molecule has 3 nitrogen and oxygen atoms in total.